The van der Waals surface area contributed by atoms with Gasteiger partial charge in [0.2, 0.25) is 0 Å². The van der Waals surface area contributed by atoms with Crippen molar-refractivity contribution >= 4 is 11.5 Å². The van der Waals surface area contributed by atoms with Gasteiger partial charge < -0.3 is 9.88 Å². The number of nitrogens with one attached hydrogen (secondary N) is 1. The zero-order valence-electron chi connectivity index (χ0n) is 19.7. The predicted molar refractivity (Wildman–Crippen MR) is 134 cm³/mol. The number of allylic oxidation sites excluding steroid dienone is 1. The van der Waals surface area contributed by atoms with Crippen molar-refractivity contribution in [2.45, 2.75) is 31.3 Å². The molecular formula is C29H22F2N4O2. The van der Waals surface area contributed by atoms with E-state index < -0.39 is 28.6 Å². The normalized spacial score (nSPS) is 15.1. The topological polar surface area (TPSA) is 76.9 Å². The highest BCUT2D eigenvalue weighted by Gasteiger charge is 2.47. The summed E-state index contributed by atoms with van der Waals surface area (Å²) in [5, 5.41) is 2.79. The van der Waals surface area contributed by atoms with Crippen molar-refractivity contribution in [3.63, 3.8) is 0 Å². The van der Waals surface area contributed by atoms with E-state index in [0.29, 0.717) is 24.1 Å². The summed E-state index contributed by atoms with van der Waals surface area (Å²) in [6, 6.07) is 14.5. The molecule has 0 unspecified atom stereocenters. The van der Waals surface area contributed by atoms with Crippen molar-refractivity contribution in [2.75, 3.05) is 0 Å². The summed E-state index contributed by atoms with van der Waals surface area (Å²) in [6.07, 6.45) is 9.14. The largest absolute Gasteiger partial charge is 0.346 e. The molecule has 0 aliphatic heterocycles. The Kier molecular flexibility index (Phi) is 5.52. The average Bonchev–Trinajstić information content (AvgIpc) is 3.61. The standard InChI is InChI=1S/C29H22F2N4O2/c30-24-7-5-19(16-25(24)31)29(10-11-29)35-14-2-4-23(28(35)37)27(36)34-17-20-15-18(9-13-32-20)21-6-8-26-22(21)3-1-12-33-26/h1-7,9,12-16H,8,10-11,17H2,(H,34,36). The number of carbonyl (C=O) groups excluding carboxylic acids is 1. The Hall–Kier alpha value is -4.46. The number of rotatable bonds is 6. The van der Waals surface area contributed by atoms with Gasteiger partial charge in [-0.1, -0.05) is 18.2 Å². The highest BCUT2D eigenvalue weighted by molar-refractivity contribution is 5.93. The molecule has 184 valence electrons. The van der Waals surface area contributed by atoms with Gasteiger partial charge in [0.15, 0.2) is 11.6 Å². The third kappa shape index (κ3) is 4.04. The van der Waals surface area contributed by atoms with Crippen LogP contribution in [0.1, 0.15) is 51.3 Å². The number of pyridine rings is 3. The van der Waals surface area contributed by atoms with Gasteiger partial charge in [0.1, 0.15) is 5.56 Å². The zero-order valence-corrected chi connectivity index (χ0v) is 19.7. The molecule has 6 nitrogen and oxygen atoms in total. The van der Waals surface area contributed by atoms with Gasteiger partial charge in [-0.3, -0.25) is 19.6 Å². The number of hydrogen-bond donors (Lipinski definition) is 1. The van der Waals surface area contributed by atoms with E-state index in [1.54, 1.807) is 24.7 Å². The Balaban J connectivity index is 1.21. The SMILES string of the molecule is O=C(NCc1cc(C2=CCc3ncccc32)ccn1)c1cccn(C2(c3ccc(F)c(F)c3)CC2)c1=O. The maximum atomic E-state index is 13.9. The summed E-state index contributed by atoms with van der Waals surface area (Å²) in [5.74, 6) is -2.43. The molecule has 2 aliphatic rings. The predicted octanol–water partition coefficient (Wildman–Crippen LogP) is 4.37. The van der Waals surface area contributed by atoms with E-state index >= 15 is 0 Å². The molecule has 1 fully saturated rings. The number of hydrogen-bond acceptors (Lipinski definition) is 4. The molecule has 1 N–H and O–H groups in total. The van der Waals surface area contributed by atoms with Crippen LogP contribution in [0.3, 0.4) is 0 Å². The quantitative estimate of drug-likeness (QED) is 0.430. The van der Waals surface area contributed by atoms with Gasteiger partial charge >= 0.3 is 0 Å². The molecule has 0 bridgehead atoms. The fourth-order valence-electron chi connectivity index (χ4n) is 5.01. The molecule has 0 atom stereocenters. The van der Waals surface area contributed by atoms with Crippen molar-refractivity contribution in [1.82, 2.24) is 19.9 Å². The maximum Gasteiger partial charge on any atom is 0.264 e. The highest BCUT2D eigenvalue weighted by Crippen LogP contribution is 2.48. The smallest absolute Gasteiger partial charge is 0.264 e. The number of benzene rings is 1. The van der Waals surface area contributed by atoms with Crippen molar-refractivity contribution < 1.29 is 13.6 Å². The van der Waals surface area contributed by atoms with Crippen LogP contribution < -0.4 is 10.9 Å². The molecule has 1 aromatic carbocycles. The van der Waals surface area contributed by atoms with Gasteiger partial charge in [-0.05, 0) is 72.0 Å². The molecule has 1 amide bonds. The minimum absolute atomic E-state index is 0.0222. The Bertz CT molecular complexity index is 1640. The molecule has 1 saturated carbocycles. The van der Waals surface area contributed by atoms with Crippen LogP contribution in [0.25, 0.3) is 5.57 Å². The lowest BCUT2D eigenvalue weighted by Gasteiger charge is -2.20. The Morgan fingerprint density at radius 1 is 1.00 bits per heavy atom. The van der Waals surface area contributed by atoms with E-state index in [4.69, 9.17) is 0 Å². The molecule has 8 heteroatoms. The minimum atomic E-state index is -0.964. The van der Waals surface area contributed by atoms with Gasteiger partial charge in [-0.25, -0.2) is 8.78 Å². The number of nitrogens with zero attached hydrogens (tertiary/aromatic N) is 3. The van der Waals surface area contributed by atoms with Gasteiger partial charge in [0.05, 0.1) is 23.5 Å². The lowest BCUT2D eigenvalue weighted by Crippen LogP contribution is -2.37. The molecule has 3 aromatic heterocycles. The van der Waals surface area contributed by atoms with Gasteiger partial charge in [-0.2, -0.15) is 0 Å². The molecular weight excluding hydrogens is 474 g/mol. The number of fused-ring (bicyclic) bond motifs is 1. The van der Waals surface area contributed by atoms with Crippen molar-refractivity contribution in [1.29, 1.82) is 0 Å². The van der Waals surface area contributed by atoms with Crippen LogP contribution in [0, 0.1) is 11.6 Å². The Morgan fingerprint density at radius 2 is 1.86 bits per heavy atom. The van der Waals surface area contributed by atoms with Crippen LogP contribution in [-0.4, -0.2) is 20.4 Å². The first-order valence-electron chi connectivity index (χ1n) is 12.0. The van der Waals surface area contributed by atoms with Gasteiger partial charge in [0, 0.05) is 30.6 Å². The monoisotopic (exact) mass is 496 g/mol. The second-order valence-corrected chi connectivity index (χ2v) is 9.30. The first kappa shape index (κ1) is 23.0. The first-order valence-corrected chi connectivity index (χ1v) is 12.0. The van der Waals surface area contributed by atoms with E-state index in [9.17, 15) is 18.4 Å². The van der Waals surface area contributed by atoms with Crippen molar-refractivity contribution in [3.8, 4) is 0 Å². The molecule has 37 heavy (non-hydrogen) atoms. The second kappa shape index (κ2) is 8.89. The summed E-state index contributed by atoms with van der Waals surface area (Å²) in [5.41, 5.74) is 4.05. The third-order valence-corrected chi connectivity index (χ3v) is 7.07. The minimum Gasteiger partial charge on any atom is -0.346 e. The fraction of sp³-hybridized carbons (Fsp3) is 0.172. The summed E-state index contributed by atoms with van der Waals surface area (Å²) < 4.78 is 28.8. The van der Waals surface area contributed by atoms with Crippen LogP contribution in [0.4, 0.5) is 8.78 Å². The summed E-state index contributed by atoms with van der Waals surface area (Å²) in [7, 11) is 0. The van der Waals surface area contributed by atoms with Crippen LogP contribution >= 0.6 is 0 Å². The van der Waals surface area contributed by atoms with E-state index in [-0.39, 0.29) is 12.1 Å². The van der Waals surface area contributed by atoms with E-state index in [2.05, 4.69) is 21.4 Å². The first-order chi connectivity index (χ1) is 18.0. The molecule has 0 radical (unpaired) electrons. The van der Waals surface area contributed by atoms with Crippen molar-refractivity contribution in [3.05, 3.63) is 135 Å². The third-order valence-electron chi connectivity index (χ3n) is 7.07. The number of aromatic nitrogens is 3. The van der Waals surface area contributed by atoms with Crippen LogP contribution in [0.15, 0.2) is 84.1 Å². The number of amides is 1. The summed E-state index contributed by atoms with van der Waals surface area (Å²) in [6.45, 7) is 0.141. The maximum absolute atomic E-state index is 13.9. The Morgan fingerprint density at radius 3 is 2.68 bits per heavy atom. The molecule has 0 saturated heterocycles. The van der Waals surface area contributed by atoms with E-state index in [1.165, 1.54) is 16.7 Å². The average molecular weight is 497 g/mol. The summed E-state index contributed by atoms with van der Waals surface area (Å²) >= 11 is 0. The second-order valence-electron chi connectivity index (χ2n) is 9.30. The fourth-order valence-corrected chi connectivity index (χ4v) is 5.01. The molecule has 2 aliphatic carbocycles. The van der Waals surface area contributed by atoms with Crippen molar-refractivity contribution in [2.24, 2.45) is 0 Å². The molecule has 3 heterocycles. The number of halogens is 2. The summed E-state index contributed by atoms with van der Waals surface area (Å²) in [4.78, 5) is 35.1. The lowest BCUT2D eigenvalue weighted by molar-refractivity contribution is 0.0948. The van der Waals surface area contributed by atoms with Crippen LogP contribution in [-0.2, 0) is 18.5 Å². The zero-order chi connectivity index (χ0) is 25.6. The van der Waals surface area contributed by atoms with Crippen LogP contribution in [0.2, 0.25) is 0 Å². The van der Waals surface area contributed by atoms with E-state index in [0.717, 1.165) is 40.9 Å². The van der Waals surface area contributed by atoms with Gasteiger partial charge in [-0.15, -0.1) is 0 Å². The van der Waals surface area contributed by atoms with Gasteiger partial charge in [0.25, 0.3) is 11.5 Å². The Labute approximate surface area is 211 Å². The lowest BCUT2D eigenvalue weighted by atomic mass is 10.0. The van der Waals surface area contributed by atoms with Crippen LogP contribution in [0.5, 0.6) is 0 Å². The van der Waals surface area contributed by atoms with E-state index in [1.807, 2.05) is 24.3 Å². The molecule has 4 aromatic rings. The molecule has 0 spiro atoms. The molecule has 6 rings (SSSR count). The number of carbonyl (C=O) groups is 1. The highest BCUT2D eigenvalue weighted by atomic mass is 19.2.